The van der Waals surface area contributed by atoms with Crippen molar-refractivity contribution < 1.29 is 29.0 Å². The molecule has 0 fully saturated rings. The van der Waals surface area contributed by atoms with Crippen LogP contribution in [-0.4, -0.2) is 27.2 Å². The Labute approximate surface area is 134 Å². The van der Waals surface area contributed by atoms with Crippen molar-refractivity contribution in [3.05, 3.63) is 65.3 Å². The Bertz CT molecular complexity index is 669. The molecule has 6 nitrogen and oxygen atoms in total. The van der Waals surface area contributed by atoms with Gasteiger partial charge in [0, 0.05) is 6.08 Å². The third kappa shape index (κ3) is 8.28. The predicted octanol–water partition coefficient (Wildman–Crippen LogP) is 2.29. The average molecular weight is 338 g/mol. The van der Waals surface area contributed by atoms with Crippen LogP contribution in [0.4, 0.5) is 0 Å². The van der Waals surface area contributed by atoms with Crippen molar-refractivity contribution in [3.63, 3.8) is 0 Å². The van der Waals surface area contributed by atoms with E-state index in [1.165, 1.54) is 6.08 Å². The van der Waals surface area contributed by atoms with E-state index in [0.717, 1.165) is 22.8 Å². The number of carbonyl (C=O) groups excluding carboxylic acids is 1. The van der Waals surface area contributed by atoms with Crippen molar-refractivity contribution >= 4 is 19.6 Å². The number of esters is 1. The quantitative estimate of drug-likeness (QED) is 0.305. The van der Waals surface area contributed by atoms with Gasteiger partial charge in [0.25, 0.3) is 0 Å². The van der Waals surface area contributed by atoms with Crippen LogP contribution in [0.2, 0.25) is 0 Å². The van der Waals surface area contributed by atoms with Crippen LogP contribution >= 0.6 is 7.60 Å². The molecule has 0 aliphatic rings. The molecule has 3 N–H and O–H groups in total. The second-order valence-electron chi connectivity index (χ2n) is 4.72. The highest BCUT2D eigenvalue weighted by atomic mass is 31.2. The van der Waals surface area contributed by atoms with E-state index in [2.05, 4.69) is 4.74 Å². The van der Waals surface area contributed by atoms with Gasteiger partial charge in [-0.3, -0.25) is 4.57 Å². The fourth-order valence-corrected chi connectivity index (χ4v) is 1.93. The molecular weight excluding hydrogens is 319 g/mol. The minimum atomic E-state index is -4.34. The van der Waals surface area contributed by atoms with E-state index in [1.54, 1.807) is 18.2 Å². The van der Waals surface area contributed by atoms with Gasteiger partial charge in [-0.05, 0) is 18.1 Å². The van der Waals surface area contributed by atoms with E-state index < -0.39 is 19.9 Å². The topological polar surface area (TPSA) is 104 Å². The molecule has 0 radical (unpaired) electrons. The average Bonchev–Trinajstić information content (AvgIpc) is 2.48. The summed E-state index contributed by atoms with van der Waals surface area (Å²) in [5.74, 6) is -0.830. The summed E-state index contributed by atoms with van der Waals surface area (Å²) in [5, 5.41) is 9.25. The van der Waals surface area contributed by atoms with Crippen molar-refractivity contribution in [3.8, 4) is 0 Å². The fraction of sp³-hybridized carbons (Fsp3) is 0.188. The highest BCUT2D eigenvalue weighted by Gasteiger charge is 2.14. The Balaban J connectivity index is 2.53. The van der Waals surface area contributed by atoms with Gasteiger partial charge in [0.05, 0.1) is 6.61 Å². The van der Waals surface area contributed by atoms with Crippen LogP contribution in [0.3, 0.4) is 0 Å². The van der Waals surface area contributed by atoms with E-state index in [4.69, 9.17) is 9.79 Å². The van der Waals surface area contributed by atoms with Crippen LogP contribution in [0.1, 0.15) is 16.7 Å². The summed E-state index contributed by atoms with van der Waals surface area (Å²) >= 11 is 0. The molecule has 7 heteroatoms. The minimum absolute atomic E-state index is 0.0466. The molecule has 0 saturated heterocycles. The maximum absolute atomic E-state index is 11.1. The van der Waals surface area contributed by atoms with Gasteiger partial charge in [-0.25, -0.2) is 4.79 Å². The monoisotopic (exact) mass is 338 g/mol. The standard InChI is InChI=1S/C16H19O6P/c1-13-8-9-15(11-17)14(10-13)6-4-2-3-5-7-16(18)22-12-23(19,20)21/h2-10,17H,11-12H2,1H3,(H2,19,20,21)/b3-2+,6-4+,7-5+. The number of aliphatic hydroxyl groups is 1. The zero-order chi connectivity index (χ0) is 17.3. The molecule has 0 spiro atoms. The maximum atomic E-state index is 11.1. The number of benzene rings is 1. The molecule has 0 bridgehead atoms. The van der Waals surface area contributed by atoms with Crippen molar-refractivity contribution in [2.45, 2.75) is 13.5 Å². The van der Waals surface area contributed by atoms with E-state index >= 15 is 0 Å². The minimum Gasteiger partial charge on any atom is -0.450 e. The first-order valence-electron chi connectivity index (χ1n) is 6.75. The first-order valence-corrected chi connectivity index (χ1v) is 8.55. The van der Waals surface area contributed by atoms with Crippen LogP contribution in [0.5, 0.6) is 0 Å². The van der Waals surface area contributed by atoms with E-state index in [9.17, 15) is 14.5 Å². The summed E-state index contributed by atoms with van der Waals surface area (Å²) in [7, 11) is -4.34. The lowest BCUT2D eigenvalue weighted by molar-refractivity contribution is -0.136. The first kappa shape index (κ1) is 19.1. The fourth-order valence-electron chi connectivity index (χ4n) is 1.63. The molecule has 0 saturated carbocycles. The molecule has 0 unspecified atom stereocenters. The Kier molecular flexibility index (Phi) is 7.65. The summed E-state index contributed by atoms with van der Waals surface area (Å²) in [6.45, 7) is 1.91. The summed E-state index contributed by atoms with van der Waals surface area (Å²) in [6.07, 6.45) is 8.35. The number of aryl methyl sites for hydroxylation is 1. The Morgan fingerprint density at radius 1 is 1.22 bits per heavy atom. The molecule has 23 heavy (non-hydrogen) atoms. The number of ether oxygens (including phenoxy) is 1. The third-order valence-electron chi connectivity index (χ3n) is 2.69. The highest BCUT2D eigenvalue weighted by molar-refractivity contribution is 7.51. The molecule has 1 rings (SSSR count). The van der Waals surface area contributed by atoms with Gasteiger partial charge < -0.3 is 19.6 Å². The lowest BCUT2D eigenvalue weighted by Gasteiger charge is -2.03. The molecule has 0 aliphatic carbocycles. The molecule has 0 heterocycles. The molecule has 124 valence electrons. The molecule has 1 aromatic carbocycles. The maximum Gasteiger partial charge on any atom is 0.362 e. The Morgan fingerprint density at radius 3 is 2.57 bits per heavy atom. The van der Waals surface area contributed by atoms with Crippen LogP contribution < -0.4 is 0 Å². The van der Waals surface area contributed by atoms with Crippen molar-refractivity contribution in [2.24, 2.45) is 0 Å². The number of carbonyl (C=O) groups is 1. The van der Waals surface area contributed by atoms with Gasteiger partial charge in [0.1, 0.15) is 0 Å². The predicted molar refractivity (Wildman–Crippen MR) is 87.4 cm³/mol. The first-order chi connectivity index (χ1) is 10.8. The SMILES string of the molecule is Cc1ccc(CO)c(/C=C/C=C/C=C/C(=O)OCP(=O)(O)O)c1. The number of hydrogen-bond acceptors (Lipinski definition) is 4. The van der Waals surface area contributed by atoms with Crippen molar-refractivity contribution in [2.75, 3.05) is 6.35 Å². The third-order valence-corrected chi connectivity index (χ3v) is 3.15. The number of rotatable bonds is 7. The van der Waals surface area contributed by atoms with Gasteiger partial charge in [-0.1, -0.05) is 54.1 Å². The normalized spacial score (nSPS) is 12.5. The zero-order valence-electron chi connectivity index (χ0n) is 12.6. The van der Waals surface area contributed by atoms with E-state index in [1.807, 2.05) is 31.2 Å². The van der Waals surface area contributed by atoms with Gasteiger partial charge >= 0.3 is 13.6 Å². The molecule has 0 atom stereocenters. The van der Waals surface area contributed by atoms with Crippen LogP contribution in [-0.2, 0) is 20.7 Å². The summed E-state index contributed by atoms with van der Waals surface area (Å²) < 4.78 is 14.9. The number of aliphatic hydroxyl groups excluding tert-OH is 1. The van der Waals surface area contributed by atoms with Gasteiger partial charge in [0.15, 0.2) is 6.35 Å². The molecule has 1 aromatic rings. The molecule has 0 amide bonds. The largest absolute Gasteiger partial charge is 0.450 e. The second kappa shape index (κ2) is 9.22. The number of hydrogen-bond donors (Lipinski definition) is 3. The lowest BCUT2D eigenvalue weighted by Crippen LogP contribution is -2.02. The number of allylic oxidation sites excluding steroid dienone is 4. The van der Waals surface area contributed by atoms with Crippen LogP contribution in [0.25, 0.3) is 6.08 Å². The zero-order valence-corrected chi connectivity index (χ0v) is 13.5. The van der Waals surface area contributed by atoms with Crippen molar-refractivity contribution in [1.82, 2.24) is 0 Å². The van der Waals surface area contributed by atoms with E-state index in [0.29, 0.717) is 0 Å². The molecular formula is C16H19O6P. The van der Waals surface area contributed by atoms with Gasteiger partial charge in [0.2, 0.25) is 0 Å². The Morgan fingerprint density at radius 2 is 1.91 bits per heavy atom. The molecule has 0 aromatic heterocycles. The summed E-state index contributed by atoms with van der Waals surface area (Å²) in [6, 6.07) is 5.73. The summed E-state index contributed by atoms with van der Waals surface area (Å²) in [5.41, 5.74) is 2.80. The molecule has 0 aliphatic heterocycles. The van der Waals surface area contributed by atoms with Crippen LogP contribution in [0, 0.1) is 6.92 Å². The Hall–Kier alpha value is -1.98. The van der Waals surface area contributed by atoms with Gasteiger partial charge in [-0.2, -0.15) is 0 Å². The lowest BCUT2D eigenvalue weighted by atomic mass is 10.0. The van der Waals surface area contributed by atoms with Crippen molar-refractivity contribution in [1.29, 1.82) is 0 Å². The van der Waals surface area contributed by atoms with Crippen LogP contribution in [0.15, 0.2) is 48.6 Å². The summed E-state index contributed by atoms with van der Waals surface area (Å²) in [4.78, 5) is 28.2. The highest BCUT2D eigenvalue weighted by Crippen LogP contribution is 2.33. The van der Waals surface area contributed by atoms with Gasteiger partial charge in [-0.15, -0.1) is 0 Å². The second-order valence-corrected chi connectivity index (χ2v) is 6.31. The smallest absolute Gasteiger partial charge is 0.362 e. The van der Waals surface area contributed by atoms with E-state index in [-0.39, 0.29) is 6.61 Å².